The Bertz CT molecular complexity index is 435. The number of aliphatic hydroxyl groups excluding tert-OH is 1. The molecule has 0 radical (unpaired) electrons. The zero-order valence-electron chi connectivity index (χ0n) is 11.1. The van der Waals surface area contributed by atoms with Crippen LogP contribution in [0.25, 0.3) is 0 Å². The van der Waals surface area contributed by atoms with Crippen LogP contribution in [0.4, 0.5) is 0 Å². The third-order valence-corrected chi connectivity index (χ3v) is 3.90. The van der Waals surface area contributed by atoms with Gasteiger partial charge in [0.25, 0.3) is 0 Å². The summed E-state index contributed by atoms with van der Waals surface area (Å²) >= 11 is 0. The van der Waals surface area contributed by atoms with Gasteiger partial charge in [-0.2, -0.15) is 0 Å². The number of ether oxygens (including phenoxy) is 2. The summed E-state index contributed by atoms with van der Waals surface area (Å²) in [4.78, 5) is 0. The van der Waals surface area contributed by atoms with Gasteiger partial charge in [-0.15, -0.1) is 0 Å². The van der Waals surface area contributed by atoms with Gasteiger partial charge in [-0.1, -0.05) is 18.9 Å². The predicted molar refractivity (Wildman–Crippen MR) is 72.5 cm³/mol. The Labute approximate surface area is 113 Å². The molecular formula is C15H21NO3. The molecule has 1 aromatic carbocycles. The standard InChI is InChI=1S/C15H21NO3/c17-13-4-2-1-3-12(13)16-10-11-5-6-14-15(9-11)19-8-7-18-14/h5-6,9,12-13,16-17H,1-4,7-8,10H2/t12-,13+/m0/s1. The molecular weight excluding hydrogens is 242 g/mol. The molecule has 1 aliphatic carbocycles. The lowest BCUT2D eigenvalue weighted by Crippen LogP contribution is -2.41. The number of hydrogen-bond acceptors (Lipinski definition) is 4. The third kappa shape index (κ3) is 3.01. The number of benzene rings is 1. The minimum atomic E-state index is -0.203. The molecule has 0 amide bonds. The highest BCUT2D eigenvalue weighted by Crippen LogP contribution is 2.30. The summed E-state index contributed by atoms with van der Waals surface area (Å²) in [6, 6.07) is 6.26. The van der Waals surface area contributed by atoms with Gasteiger partial charge >= 0.3 is 0 Å². The van der Waals surface area contributed by atoms with Crippen LogP contribution in [0.1, 0.15) is 31.2 Å². The fourth-order valence-corrected chi connectivity index (χ4v) is 2.80. The molecule has 2 N–H and O–H groups in total. The maximum absolute atomic E-state index is 9.93. The molecule has 4 heteroatoms. The Morgan fingerprint density at radius 2 is 1.89 bits per heavy atom. The predicted octanol–water partition coefficient (Wildman–Crippen LogP) is 1.85. The van der Waals surface area contributed by atoms with E-state index < -0.39 is 0 Å². The topological polar surface area (TPSA) is 50.7 Å². The van der Waals surface area contributed by atoms with Crippen LogP contribution in [0, 0.1) is 0 Å². The molecule has 0 bridgehead atoms. The van der Waals surface area contributed by atoms with Gasteiger partial charge in [0.2, 0.25) is 0 Å². The van der Waals surface area contributed by atoms with Gasteiger partial charge in [-0.05, 0) is 30.5 Å². The van der Waals surface area contributed by atoms with Crippen LogP contribution in [-0.4, -0.2) is 30.5 Å². The normalized spacial score (nSPS) is 26.2. The van der Waals surface area contributed by atoms with Gasteiger partial charge in [-0.25, -0.2) is 0 Å². The largest absolute Gasteiger partial charge is 0.486 e. The van der Waals surface area contributed by atoms with E-state index in [2.05, 4.69) is 11.4 Å². The van der Waals surface area contributed by atoms with E-state index in [4.69, 9.17) is 9.47 Å². The summed E-state index contributed by atoms with van der Waals surface area (Å²) in [5, 5.41) is 13.4. The smallest absolute Gasteiger partial charge is 0.161 e. The Kier molecular flexibility index (Phi) is 3.89. The van der Waals surface area contributed by atoms with Crippen LogP contribution in [0.2, 0.25) is 0 Å². The first-order chi connectivity index (χ1) is 9.33. The number of rotatable bonds is 3. The van der Waals surface area contributed by atoms with E-state index in [-0.39, 0.29) is 12.1 Å². The second-order valence-corrected chi connectivity index (χ2v) is 5.32. The summed E-state index contributed by atoms with van der Waals surface area (Å²) in [5.41, 5.74) is 1.17. The van der Waals surface area contributed by atoms with E-state index in [1.165, 1.54) is 12.0 Å². The van der Waals surface area contributed by atoms with Crippen molar-refractivity contribution in [3.05, 3.63) is 23.8 Å². The molecule has 2 atom stereocenters. The van der Waals surface area contributed by atoms with Crippen molar-refractivity contribution in [3.8, 4) is 11.5 Å². The van der Waals surface area contributed by atoms with Crippen molar-refractivity contribution in [2.24, 2.45) is 0 Å². The maximum atomic E-state index is 9.93. The molecule has 0 unspecified atom stereocenters. The molecule has 0 spiro atoms. The minimum Gasteiger partial charge on any atom is -0.486 e. The van der Waals surface area contributed by atoms with Crippen LogP contribution >= 0.6 is 0 Å². The first-order valence-corrected chi connectivity index (χ1v) is 7.13. The summed E-state index contributed by atoms with van der Waals surface area (Å²) in [6.45, 7) is 2.00. The van der Waals surface area contributed by atoms with Gasteiger partial charge in [0, 0.05) is 12.6 Å². The summed E-state index contributed by atoms with van der Waals surface area (Å²) in [6.07, 6.45) is 4.12. The average molecular weight is 263 g/mol. The molecule has 1 aliphatic heterocycles. The maximum Gasteiger partial charge on any atom is 0.161 e. The van der Waals surface area contributed by atoms with Crippen LogP contribution in [0.5, 0.6) is 11.5 Å². The molecule has 0 aromatic heterocycles. The Hall–Kier alpha value is -1.26. The number of nitrogens with one attached hydrogen (secondary N) is 1. The highest BCUT2D eigenvalue weighted by Gasteiger charge is 2.22. The highest BCUT2D eigenvalue weighted by atomic mass is 16.6. The molecule has 4 nitrogen and oxygen atoms in total. The van der Waals surface area contributed by atoms with E-state index in [1.54, 1.807) is 0 Å². The number of hydrogen-bond donors (Lipinski definition) is 2. The first-order valence-electron chi connectivity index (χ1n) is 7.13. The van der Waals surface area contributed by atoms with Crippen molar-refractivity contribution < 1.29 is 14.6 Å². The zero-order chi connectivity index (χ0) is 13.1. The SMILES string of the molecule is O[C@@H]1CCCC[C@@H]1NCc1ccc2c(c1)OCCO2. The van der Waals surface area contributed by atoms with Crippen LogP contribution in [0.15, 0.2) is 18.2 Å². The van der Waals surface area contributed by atoms with E-state index in [0.717, 1.165) is 37.3 Å². The highest BCUT2D eigenvalue weighted by molar-refractivity contribution is 5.43. The van der Waals surface area contributed by atoms with Crippen molar-refractivity contribution in [2.45, 2.75) is 44.4 Å². The first kappa shape index (κ1) is 12.8. The van der Waals surface area contributed by atoms with Gasteiger partial charge in [-0.3, -0.25) is 0 Å². The Morgan fingerprint density at radius 3 is 2.74 bits per heavy atom. The molecule has 1 heterocycles. The average Bonchev–Trinajstić information content (AvgIpc) is 2.46. The fourth-order valence-electron chi connectivity index (χ4n) is 2.80. The summed E-state index contributed by atoms with van der Waals surface area (Å²) in [7, 11) is 0. The molecule has 0 saturated heterocycles. The quantitative estimate of drug-likeness (QED) is 0.874. The van der Waals surface area contributed by atoms with Crippen LogP contribution < -0.4 is 14.8 Å². The number of fused-ring (bicyclic) bond motifs is 1. The van der Waals surface area contributed by atoms with Crippen molar-refractivity contribution in [1.82, 2.24) is 5.32 Å². The van der Waals surface area contributed by atoms with E-state index in [0.29, 0.717) is 13.2 Å². The number of aliphatic hydroxyl groups is 1. The lowest BCUT2D eigenvalue weighted by atomic mass is 9.92. The zero-order valence-corrected chi connectivity index (χ0v) is 11.1. The second-order valence-electron chi connectivity index (χ2n) is 5.32. The lowest BCUT2D eigenvalue weighted by molar-refractivity contribution is 0.0902. The van der Waals surface area contributed by atoms with Crippen molar-refractivity contribution in [1.29, 1.82) is 0 Å². The Balaban J connectivity index is 1.60. The van der Waals surface area contributed by atoms with Crippen molar-refractivity contribution >= 4 is 0 Å². The van der Waals surface area contributed by atoms with Gasteiger partial charge in [0.15, 0.2) is 11.5 Å². The Morgan fingerprint density at radius 1 is 1.11 bits per heavy atom. The molecule has 1 aromatic rings. The lowest BCUT2D eigenvalue weighted by Gasteiger charge is -2.28. The fraction of sp³-hybridized carbons (Fsp3) is 0.600. The van der Waals surface area contributed by atoms with Gasteiger partial charge in [0.1, 0.15) is 13.2 Å². The van der Waals surface area contributed by atoms with Gasteiger partial charge < -0.3 is 19.9 Å². The molecule has 19 heavy (non-hydrogen) atoms. The molecule has 1 fully saturated rings. The molecule has 2 aliphatic rings. The third-order valence-electron chi connectivity index (χ3n) is 3.90. The van der Waals surface area contributed by atoms with E-state index in [9.17, 15) is 5.11 Å². The molecule has 1 saturated carbocycles. The molecule has 3 rings (SSSR count). The van der Waals surface area contributed by atoms with Gasteiger partial charge in [0.05, 0.1) is 6.10 Å². The summed E-state index contributed by atoms with van der Waals surface area (Å²) in [5.74, 6) is 1.66. The van der Waals surface area contributed by atoms with Crippen molar-refractivity contribution in [2.75, 3.05) is 13.2 Å². The van der Waals surface area contributed by atoms with E-state index >= 15 is 0 Å². The van der Waals surface area contributed by atoms with E-state index in [1.807, 2.05) is 12.1 Å². The second kappa shape index (κ2) is 5.80. The minimum absolute atomic E-state index is 0.203. The van der Waals surface area contributed by atoms with Crippen LogP contribution in [-0.2, 0) is 6.54 Å². The molecule has 104 valence electrons. The van der Waals surface area contributed by atoms with Crippen molar-refractivity contribution in [3.63, 3.8) is 0 Å². The van der Waals surface area contributed by atoms with Crippen LogP contribution in [0.3, 0.4) is 0 Å². The monoisotopic (exact) mass is 263 g/mol. The summed E-state index contributed by atoms with van der Waals surface area (Å²) < 4.78 is 11.1.